The van der Waals surface area contributed by atoms with Crippen LogP contribution in [0.1, 0.15) is 28.7 Å². The minimum Gasteiger partial charge on any atom is -0.492 e. The predicted molar refractivity (Wildman–Crippen MR) is 119 cm³/mol. The third-order valence-corrected chi connectivity index (χ3v) is 5.06. The van der Waals surface area contributed by atoms with Gasteiger partial charge in [-0.05, 0) is 64.8 Å². The Balaban J connectivity index is 2.07. The third kappa shape index (κ3) is 4.49. The molecule has 1 heterocycles. The number of methoxy groups -OCH3 is 2. The van der Waals surface area contributed by atoms with E-state index in [1.54, 1.807) is 25.3 Å². The van der Waals surface area contributed by atoms with Gasteiger partial charge in [-0.1, -0.05) is 11.6 Å². The largest absolute Gasteiger partial charge is 0.492 e. The Morgan fingerprint density at radius 3 is 2.70 bits per heavy atom. The van der Waals surface area contributed by atoms with Gasteiger partial charge in [0.2, 0.25) is 0 Å². The maximum absolute atomic E-state index is 12.4. The molecule has 30 heavy (non-hydrogen) atoms. The molecule has 3 rings (SSSR count). The van der Waals surface area contributed by atoms with Crippen LogP contribution in [0.25, 0.3) is 22.0 Å². The van der Waals surface area contributed by atoms with Crippen LogP contribution in [0.2, 0.25) is 0 Å². The van der Waals surface area contributed by atoms with Crippen LogP contribution in [0, 0.1) is 0 Å². The number of nitrogens with one attached hydrogen (secondary N) is 1. The van der Waals surface area contributed by atoms with Crippen LogP contribution in [0.3, 0.4) is 0 Å². The number of aromatic nitrogens is 2. The normalized spacial score (nSPS) is 11.4. The van der Waals surface area contributed by atoms with Crippen LogP contribution in [0.4, 0.5) is 0 Å². The van der Waals surface area contributed by atoms with Crippen molar-refractivity contribution in [1.82, 2.24) is 9.97 Å². The fourth-order valence-corrected chi connectivity index (χ4v) is 3.68. The van der Waals surface area contributed by atoms with Gasteiger partial charge in [0.15, 0.2) is 17.3 Å². The number of H-pyrrole nitrogens is 1. The van der Waals surface area contributed by atoms with E-state index in [9.17, 15) is 9.59 Å². The van der Waals surface area contributed by atoms with E-state index in [1.807, 2.05) is 6.92 Å². The van der Waals surface area contributed by atoms with Crippen molar-refractivity contribution in [1.29, 1.82) is 0 Å². The van der Waals surface area contributed by atoms with Crippen molar-refractivity contribution in [2.24, 2.45) is 0 Å². The van der Waals surface area contributed by atoms with Gasteiger partial charge in [0.25, 0.3) is 5.56 Å². The SMILES string of the molecule is CCOc1cc(/C=C(\Cl)c2nc3cc(C(=O)OC)ccc3c(=O)[nH]2)cc(Br)c1OC. The molecule has 1 N–H and O–H groups in total. The number of carbonyl (C=O) groups is 1. The highest BCUT2D eigenvalue weighted by Gasteiger charge is 2.13. The Hall–Kier alpha value is -2.84. The molecule has 0 amide bonds. The topological polar surface area (TPSA) is 90.5 Å². The van der Waals surface area contributed by atoms with Crippen molar-refractivity contribution in [3.63, 3.8) is 0 Å². The summed E-state index contributed by atoms with van der Waals surface area (Å²) in [5.41, 5.74) is 0.953. The lowest BCUT2D eigenvalue weighted by molar-refractivity contribution is 0.0601. The quantitative estimate of drug-likeness (QED) is 0.504. The smallest absolute Gasteiger partial charge is 0.337 e. The van der Waals surface area contributed by atoms with Crippen LogP contribution < -0.4 is 15.0 Å². The Kier molecular flexibility index (Phi) is 6.79. The zero-order valence-electron chi connectivity index (χ0n) is 16.4. The standard InChI is InChI=1S/C21H18BrClN2O5/c1-4-30-17-9-11(7-14(22)18(17)28-2)8-15(23)19-24-16-10-12(21(27)29-3)5-6-13(16)20(26)25-19/h5-10H,4H2,1-3H3,(H,24,25,26)/b15-8-. The van der Waals surface area contributed by atoms with Crippen LogP contribution in [0.5, 0.6) is 11.5 Å². The first-order chi connectivity index (χ1) is 14.4. The van der Waals surface area contributed by atoms with E-state index in [1.165, 1.54) is 25.3 Å². The van der Waals surface area contributed by atoms with Gasteiger partial charge in [0.1, 0.15) is 0 Å². The van der Waals surface area contributed by atoms with Crippen LogP contribution in [-0.4, -0.2) is 36.8 Å². The fraction of sp³-hybridized carbons (Fsp3) is 0.190. The second-order valence-electron chi connectivity index (χ2n) is 6.10. The average molecular weight is 494 g/mol. The summed E-state index contributed by atoms with van der Waals surface area (Å²) < 4.78 is 16.4. The molecule has 9 heteroatoms. The molecule has 0 saturated carbocycles. The number of esters is 1. The summed E-state index contributed by atoms with van der Waals surface area (Å²) in [6.45, 7) is 2.33. The number of fused-ring (bicyclic) bond motifs is 1. The number of aromatic amines is 1. The summed E-state index contributed by atoms with van der Waals surface area (Å²) in [6.07, 6.45) is 1.64. The fourth-order valence-electron chi connectivity index (χ4n) is 2.84. The molecule has 0 radical (unpaired) electrons. The molecule has 156 valence electrons. The van der Waals surface area contributed by atoms with E-state index >= 15 is 0 Å². The van der Waals surface area contributed by atoms with Crippen LogP contribution >= 0.6 is 27.5 Å². The monoisotopic (exact) mass is 492 g/mol. The Morgan fingerprint density at radius 1 is 1.27 bits per heavy atom. The van der Waals surface area contributed by atoms with E-state index < -0.39 is 5.97 Å². The van der Waals surface area contributed by atoms with E-state index in [4.69, 9.17) is 25.8 Å². The summed E-state index contributed by atoms with van der Waals surface area (Å²) in [5.74, 6) is 0.764. The number of carbonyl (C=O) groups excluding carboxylic acids is 1. The van der Waals surface area contributed by atoms with Gasteiger partial charge in [0.05, 0.1) is 46.8 Å². The van der Waals surface area contributed by atoms with Crippen molar-refractivity contribution in [2.75, 3.05) is 20.8 Å². The Bertz CT molecular complexity index is 1210. The molecule has 2 aromatic carbocycles. The van der Waals surface area contributed by atoms with Gasteiger partial charge in [-0.25, -0.2) is 9.78 Å². The van der Waals surface area contributed by atoms with Gasteiger partial charge >= 0.3 is 5.97 Å². The molecule has 7 nitrogen and oxygen atoms in total. The maximum atomic E-state index is 12.4. The predicted octanol–water partition coefficient (Wildman–Crippen LogP) is 4.62. The molecule has 0 bridgehead atoms. The van der Waals surface area contributed by atoms with E-state index in [0.717, 1.165) is 0 Å². The molecule has 0 aliphatic heterocycles. The van der Waals surface area contributed by atoms with Gasteiger partial charge < -0.3 is 19.2 Å². The lowest BCUT2D eigenvalue weighted by Crippen LogP contribution is -2.11. The van der Waals surface area contributed by atoms with Crippen molar-refractivity contribution in [3.05, 3.63) is 62.1 Å². The molecule has 0 saturated heterocycles. The highest BCUT2D eigenvalue weighted by atomic mass is 79.9. The van der Waals surface area contributed by atoms with Crippen molar-refractivity contribution in [2.45, 2.75) is 6.92 Å². The molecule has 0 spiro atoms. The second kappa shape index (κ2) is 9.32. The van der Waals surface area contributed by atoms with Crippen molar-refractivity contribution in [3.8, 4) is 11.5 Å². The maximum Gasteiger partial charge on any atom is 0.337 e. The number of nitrogens with zero attached hydrogens (tertiary/aromatic N) is 1. The number of hydrogen-bond donors (Lipinski definition) is 1. The number of rotatable bonds is 6. The summed E-state index contributed by atoms with van der Waals surface area (Å²) in [6, 6.07) is 8.08. The van der Waals surface area contributed by atoms with E-state index in [2.05, 4.69) is 25.9 Å². The summed E-state index contributed by atoms with van der Waals surface area (Å²) >= 11 is 9.90. The molecular formula is C21H18BrClN2O5. The lowest BCUT2D eigenvalue weighted by Gasteiger charge is -2.12. The highest BCUT2D eigenvalue weighted by Crippen LogP contribution is 2.37. The molecular weight excluding hydrogens is 476 g/mol. The first-order valence-electron chi connectivity index (χ1n) is 8.88. The molecule has 1 aromatic heterocycles. The second-order valence-corrected chi connectivity index (χ2v) is 7.36. The first-order valence-corrected chi connectivity index (χ1v) is 10.0. The Labute approximate surface area is 185 Å². The highest BCUT2D eigenvalue weighted by molar-refractivity contribution is 9.10. The molecule has 0 aliphatic carbocycles. The summed E-state index contributed by atoms with van der Waals surface area (Å²) in [4.78, 5) is 31.3. The number of hydrogen-bond acceptors (Lipinski definition) is 6. The van der Waals surface area contributed by atoms with Gasteiger partial charge in [-0.2, -0.15) is 0 Å². The lowest BCUT2D eigenvalue weighted by atomic mass is 10.1. The van der Waals surface area contributed by atoms with E-state index in [-0.39, 0.29) is 22.0 Å². The molecule has 3 aromatic rings. The summed E-state index contributed by atoms with van der Waals surface area (Å²) in [7, 11) is 2.84. The zero-order chi connectivity index (χ0) is 21.8. The van der Waals surface area contributed by atoms with Crippen LogP contribution in [0.15, 0.2) is 39.6 Å². The first kappa shape index (κ1) is 21.9. The number of halogens is 2. The van der Waals surface area contributed by atoms with Crippen molar-refractivity contribution >= 4 is 55.5 Å². The zero-order valence-corrected chi connectivity index (χ0v) is 18.8. The summed E-state index contributed by atoms with van der Waals surface area (Å²) in [5, 5.41) is 0.540. The molecule has 0 fully saturated rings. The van der Waals surface area contributed by atoms with Crippen LogP contribution in [-0.2, 0) is 4.74 Å². The van der Waals surface area contributed by atoms with Gasteiger partial charge in [-0.3, -0.25) is 4.79 Å². The van der Waals surface area contributed by atoms with Crippen molar-refractivity contribution < 1.29 is 19.0 Å². The van der Waals surface area contributed by atoms with Gasteiger partial charge in [-0.15, -0.1) is 0 Å². The number of ether oxygens (including phenoxy) is 3. The number of benzene rings is 2. The average Bonchev–Trinajstić information content (AvgIpc) is 2.72. The molecule has 0 unspecified atom stereocenters. The molecule has 0 atom stereocenters. The minimum atomic E-state index is -0.520. The minimum absolute atomic E-state index is 0.168. The Morgan fingerprint density at radius 2 is 2.03 bits per heavy atom. The molecule has 0 aliphatic rings. The van der Waals surface area contributed by atoms with E-state index in [0.29, 0.717) is 39.0 Å². The third-order valence-electron chi connectivity index (χ3n) is 4.18. The van der Waals surface area contributed by atoms with Gasteiger partial charge in [0, 0.05) is 0 Å².